The number of hydrogen-bond donors (Lipinski definition) is 3. The van der Waals surface area contributed by atoms with Gasteiger partial charge in [0, 0.05) is 10.6 Å². The van der Waals surface area contributed by atoms with Gasteiger partial charge in [0.2, 0.25) is 5.72 Å². The Bertz CT molecular complexity index is 1030. The predicted octanol–water partition coefficient (Wildman–Crippen LogP) is 3.74. The molecule has 11 heteroatoms. The molecule has 0 saturated carbocycles. The Balaban J connectivity index is 1.94. The lowest BCUT2D eigenvalue weighted by Gasteiger charge is -2.44. The lowest BCUT2D eigenvalue weighted by molar-refractivity contribution is -0.290. The molecule has 3 N–H and O–H groups in total. The van der Waals surface area contributed by atoms with Crippen LogP contribution in [0.25, 0.3) is 0 Å². The van der Waals surface area contributed by atoms with E-state index in [1.807, 2.05) is 0 Å². The van der Waals surface area contributed by atoms with Crippen LogP contribution >= 0.6 is 11.6 Å². The van der Waals surface area contributed by atoms with Gasteiger partial charge in [0.1, 0.15) is 12.4 Å². The third-order valence-electron chi connectivity index (χ3n) is 5.13. The molecule has 1 fully saturated rings. The van der Waals surface area contributed by atoms with Gasteiger partial charge in [-0.2, -0.15) is 13.2 Å². The van der Waals surface area contributed by atoms with E-state index >= 15 is 0 Å². The van der Waals surface area contributed by atoms with Crippen molar-refractivity contribution >= 4 is 23.4 Å². The summed E-state index contributed by atoms with van der Waals surface area (Å²) in [5.41, 5.74) is -2.92. The first-order chi connectivity index (χ1) is 15.0. The van der Waals surface area contributed by atoms with E-state index in [4.69, 9.17) is 21.1 Å². The SMILES string of the molecule is COc1cc([C@@H]2NC(=O)N[C@@](O)(C(F)(F)F)[C@H]2C(C)=O)ccc1OCc1ccccc1Cl. The maximum Gasteiger partial charge on any atom is 0.437 e. The lowest BCUT2D eigenvalue weighted by Crippen LogP contribution is -2.72. The molecule has 2 amide bonds. The Morgan fingerprint density at radius 1 is 1.22 bits per heavy atom. The molecule has 0 spiro atoms. The van der Waals surface area contributed by atoms with Crippen molar-refractivity contribution in [1.29, 1.82) is 0 Å². The monoisotopic (exact) mass is 472 g/mol. The van der Waals surface area contributed by atoms with Crippen LogP contribution in [-0.2, 0) is 11.4 Å². The van der Waals surface area contributed by atoms with Crippen LogP contribution in [0.2, 0.25) is 5.02 Å². The van der Waals surface area contributed by atoms with Crippen molar-refractivity contribution in [3.8, 4) is 11.5 Å². The molecule has 0 bridgehead atoms. The number of nitrogens with one attached hydrogen (secondary N) is 2. The van der Waals surface area contributed by atoms with Crippen molar-refractivity contribution in [3.05, 3.63) is 58.6 Å². The standard InChI is InChI=1S/C21H20ClF3N2O5/c1-11(28)17-18(26-19(29)27-20(17,30)21(23,24)25)12-7-8-15(16(9-12)31-2)32-10-13-5-3-4-6-14(13)22/h3-9,17-18,30H,10H2,1-2H3,(H2,26,27,29)/t17-,18-,20-/m0/s1. The highest BCUT2D eigenvalue weighted by molar-refractivity contribution is 6.31. The zero-order chi connectivity index (χ0) is 23.7. The van der Waals surface area contributed by atoms with Crippen molar-refractivity contribution in [2.45, 2.75) is 31.5 Å². The van der Waals surface area contributed by atoms with E-state index < -0.39 is 35.7 Å². The number of halogens is 4. The minimum absolute atomic E-state index is 0.101. The molecule has 1 aliphatic heterocycles. The second-order valence-corrected chi connectivity index (χ2v) is 7.63. The van der Waals surface area contributed by atoms with Crippen LogP contribution in [0.4, 0.5) is 18.0 Å². The predicted molar refractivity (Wildman–Crippen MR) is 108 cm³/mol. The highest BCUT2D eigenvalue weighted by atomic mass is 35.5. The first-order valence-electron chi connectivity index (χ1n) is 9.40. The van der Waals surface area contributed by atoms with E-state index in [0.717, 1.165) is 6.92 Å². The van der Waals surface area contributed by atoms with Gasteiger partial charge in [0.25, 0.3) is 0 Å². The first-order valence-corrected chi connectivity index (χ1v) is 9.78. The summed E-state index contributed by atoms with van der Waals surface area (Å²) < 4.78 is 51.8. The minimum Gasteiger partial charge on any atom is -0.493 e. The number of hydrogen-bond acceptors (Lipinski definition) is 5. The van der Waals surface area contributed by atoms with Gasteiger partial charge >= 0.3 is 12.2 Å². The normalized spacial score (nSPS) is 23.2. The number of carbonyl (C=O) groups excluding carboxylic acids is 2. The van der Waals surface area contributed by atoms with Crippen LogP contribution in [0.5, 0.6) is 11.5 Å². The fraction of sp³-hybridized carbons (Fsp3) is 0.333. The van der Waals surface area contributed by atoms with E-state index in [-0.39, 0.29) is 23.7 Å². The molecule has 32 heavy (non-hydrogen) atoms. The largest absolute Gasteiger partial charge is 0.493 e. The maximum absolute atomic E-state index is 13.6. The Kier molecular flexibility index (Phi) is 6.56. The molecule has 3 atom stereocenters. The zero-order valence-corrected chi connectivity index (χ0v) is 17.8. The second-order valence-electron chi connectivity index (χ2n) is 7.22. The molecule has 0 unspecified atom stereocenters. The molecule has 0 aromatic heterocycles. The third kappa shape index (κ3) is 4.46. The average molecular weight is 473 g/mol. The molecular weight excluding hydrogens is 453 g/mol. The smallest absolute Gasteiger partial charge is 0.437 e. The van der Waals surface area contributed by atoms with E-state index in [2.05, 4.69) is 5.32 Å². The molecule has 7 nitrogen and oxygen atoms in total. The van der Waals surface area contributed by atoms with Gasteiger partial charge in [-0.15, -0.1) is 0 Å². The summed E-state index contributed by atoms with van der Waals surface area (Å²) in [5, 5.41) is 14.5. The Hall–Kier alpha value is -2.98. The number of benzene rings is 2. The number of aliphatic hydroxyl groups is 1. The number of amides is 2. The lowest BCUT2D eigenvalue weighted by atomic mass is 9.79. The molecule has 1 aliphatic rings. The van der Waals surface area contributed by atoms with Crippen LogP contribution in [0, 0.1) is 5.92 Å². The van der Waals surface area contributed by atoms with E-state index in [9.17, 15) is 27.9 Å². The molecular formula is C21H20ClF3N2O5. The Morgan fingerprint density at radius 3 is 2.50 bits per heavy atom. The second kappa shape index (κ2) is 8.87. The fourth-order valence-corrected chi connectivity index (χ4v) is 3.76. The maximum atomic E-state index is 13.6. The molecule has 2 aromatic rings. The van der Waals surface area contributed by atoms with E-state index in [1.165, 1.54) is 30.6 Å². The van der Waals surface area contributed by atoms with Gasteiger partial charge in [-0.1, -0.05) is 35.9 Å². The van der Waals surface area contributed by atoms with Crippen LogP contribution in [0.15, 0.2) is 42.5 Å². The van der Waals surface area contributed by atoms with Crippen molar-refractivity contribution in [2.75, 3.05) is 7.11 Å². The van der Waals surface area contributed by atoms with Gasteiger partial charge in [0.05, 0.1) is 19.1 Å². The van der Waals surface area contributed by atoms with Gasteiger partial charge in [-0.05, 0) is 30.7 Å². The summed E-state index contributed by atoms with van der Waals surface area (Å²) in [6.45, 7) is 1.01. The molecule has 2 aromatic carbocycles. The Morgan fingerprint density at radius 2 is 1.91 bits per heavy atom. The molecule has 1 heterocycles. The zero-order valence-electron chi connectivity index (χ0n) is 17.0. The summed E-state index contributed by atoms with van der Waals surface area (Å²) in [4.78, 5) is 24.1. The van der Waals surface area contributed by atoms with Crippen LogP contribution in [0.1, 0.15) is 24.1 Å². The number of rotatable bonds is 6. The van der Waals surface area contributed by atoms with E-state index in [0.29, 0.717) is 10.6 Å². The Labute approximate surface area is 186 Å². The van der Waals surface area contributed by atoms with Gasteiger partial charge < -0.3 is 25.2 Å². The van der Waals surface area contributed by atoms with Gasteiger partial charge in [-0.25, -0.2) is 4.79 Å². The molecule has 0 aliphatic carbocycles. The number of Topliss-reactive ketones (excluding diaryl/α,β-unsaturated/α-hetero) is 1. The fourth-order valence-electron chi connectivity index (χ4n) is 3.57. The molecule has 172 valence electrons. The molecule has 3 rings (SSSR count). The number of methoxy groups -OCH3 is 1. The topological polar surface area (TPSA) is 96.9 Å². The number of alkyl halides is 3. The van der Waals surface area contributed by atoms with E-state index in [1.54, 1.807) is 24.3 Å². The number of carbonyl (C=O) groups is 2. The number of ketones is 1. The van der Waals surface area contributed by atoms with Gasteiger partial charge in [0.15, 0.2) is 11.5 Å². The average Bonchev–Trinajstić information content (AvgIpc) is 2.71. The minimum atomic E-state index is -5.29. The van der Waals surface area contributed by atoms with Gasteiger partial charge in [-0.3, -0.25) is 4.79 Å². The van der Waals surface area contributed by atoms with Crippen molar-refractivity contribution < 1.29 is 37.3 Å². The summed E-state index contributed by atoms with van der Waals surface area (Å²) in [7, 11) is 1.33. The van der Waals surface area contributed by atoms with Crippen molar-refractivity contribution in [2.24, 2.45) is 5.92 Å². The highest BCUT2D eigenvalue weighted by Gasteiger charge is 2.65. The highest BCUT2D eigenvalue weighted by Crippen LogP contribution is 2.44. The summed E-state index contributed by atoms with van der Waals surface area (Å²) in [6.07, 6.45) is -5.29. The summed E-state index contributed by atoms with van der Waals surface area (Å²) >= 11 is 6.11. The first kappa shape index (κ1) is 23.7. The number of urea groups is 1. The van der Waals surface area contributed by atoms with Crippen LogP contribution in [-0.4, -0.2) is 35.9 Å². The number of ether oxygens (including phenoxy) is 2. The summed E-state index contributed by atoms with van der Waals surface area (Å²) in [6, 6.07) is 8.43. The quantitative estimate of drug-likeness (QED) is 0.595. The van der Waals surface area contributed by atoms with Crippen molar-refractivity contribution in [3.63, 3.8) is 0 Å². The van der Waals surface area contributed by atoms with Crippen LogP contribution < -0.4 is 20.1 Å². The van der Waals surface area contributed by atoms with Crippen LogP contribution in [0.3, 0.4) is 0 Å². The van der Waals surface area contributed by atoms with Crippen molar-refractivity contribution in [1.82, 2.24) is 10.6 Å². The molecule has 1 saturated heterocycles. The third-order valence-corrected chi connectivity index (χ3v) is 5.50. The molecule has 0 radical (unpaired) electrons. The summed E-state index contributed by atoms with van der Waals surface area (Å²) in [5.74, 6) is -2.60.